The van der Waals surface area contributed by atoms with Gasteiger partial charge in [0.15, 0.2) is 6.10 Å². The lowest BCUT2D eigenvalue weighted by atomic mass is 9.96. The summed E-state index contributed by atoms with van der Waals surface area (Å²) in [5, 5.41) is 2.87. The molecule has 2 heterocycles. The molecular formula is C23H33N3O4. The fourth-order valence-electron chi connectivity index (χ4n) is 4.43. The highest BCUT2D eigenvalue weighted by Crippen LogP contribution is 2.25. The van der Waals surface area contributed by atoms with Crippen LogP contribution in [0, 0.1) is 5.92 Å². The van der Waals surface area contributed by atoms with Gasteiger partial charge in [0.25, 0.3) is 5.91 Å². The van der Waals surface area contributed by atoms with Gasteiger partial charge >= 0.3 is 12.0 Å². The van der Waals surface area contributed by atoms with E-state index < -0.39 is 6.10 Å². The van der Waals surface area contributed by atoms with Gasteiger partial charge in [-0.1, -0.05) is 18.2 Å². The second-order valence-corrected chi connectivity index (χ2v) is 8.51. The van der Waals surface area contributed by atoms with E-state index in [4.69, 9.17) is 4.74 Å². The highest BCUT2D eigenvalue weighted by molar-refractivity contribution is 5.89. The standard InChI is InChI=1S/C23H33N3O4/c1-16-8-7-9-17(2)26(16)21(27)18(3)30-22(28)19-12-14-25(15-13-19)23(29)24-20-10-5-4-6-11-20/h4-6,10-11,16-19H,7-9,12-15H2,1-3H3,(H,24,29)/t16-,17+,18-/m1/s1. The van der Waals surface area contributed by atoms with Crippen molar-refractivity contribution in [2.75, 3.05) is 18.4 Å². The van der Waals surface area contributed by atoms with Crippen LogP contribution in [-0.4, -0.2) is 59.0 Å². The predicted molar refractivity (Wildman–Crippen MR) is 115 cm³/mol. The predicted octanol–water partition coefficient (Wildman–Crippen LogP) is 3.65. The lowest BCUT2D eigenvalue weighted by Gasteiger charge is -2.40. The average molecular weight is 416 g/mol. The molecule has 164 valence electrons. The van der Waals surface area contributed by atoms with Crippen molar-refractivity contribution in [1.82, 2.24) is 9.80 Å². The number of piperidine rings is 2. The summed E-state index contributed by atoms with van der Waals surface area (Å²) in [6.45, 7) is 6.75. The molecule has 3 atom stereocenters. The third-order valence-corrected chi connectivity index (χ3v) is 6.23. The molecular weight excluding hydrogens is 382 g/mol. The van der Waals surface area contributed by atoms with Crippen LogP contribution in [0.3, 0.4) is 0 Å². The Morgan fingerprint density at radius 2 is 1.60 bits per heavy atom. The molecule has 0 saturated carbocycles. The highest BCUT2D eigenvalue weighted by Gasteiger charge is 2.35. The molecule has 0 aromatic heterocycles. The van der Waals surface area contributed by atoms with Gasteiger partial charge in [-0.25, -0.2) is 4.79 Å². The Labute approximate surface area is 178 Å². The molecule has 1 aromatic carbocycles. The minimum Gasteiger partial charge on any atom is -0.452 e. The number of amides is 3. The van der Waals surface area contributed by atoms with Gasteiger partial charge in [-0.05, 0) is 65.0 Å². The van der Waals surface area contributed by atoms with Gasteiger partial charge in [-0.2, -0.15) is 0 Å². The lowest BCUT2D eigenvalue weighted by molar-refractivity contribution is -0.166. The maximum atomic E-state index is 12.8. The Bertz CT molecular complexity index is 736. The minimum absolute atomic E-state index is 0.109. The summed E-state index contributed by atoms with van der Waals surface area (Å²) in [5.41, 5.74) is 0.748. The third-order valence-electron chi connectivity index (χ3n) is 6.23. The molecule has 2 saturated heterocycles. The zero-order valence-electron chi connectivity index (χ0n) is 18.2. The Kier molecular flexibility index (Phi) is 7.34. The number of urea groups is 1. The van der Waals surface area contributed by atoms with Crippen molar-refractivity contribution >= 4 is 23.6 Å². The molecule has 0 radical (unpaired) electrons. The Balaban J connectivity index is 1.46. The number of nitrogens with one attached hydrogen (secondary N) is 1. The number of benzene rings is 1. The first-order valence-electron chi connectivity index (χ1n) is 11.0. The van der Waals surface area contributed by atoms with Crippen molar-refractivity contribution < 1.29 is 19.1 Å². The van der Waals surface area contributed by atoms with Crippen LogP contribution in [0.4, 0.5) is 10.5 Å². The van der Waals surface area contributed by atoms with Crippen molar-refractivity contribution in [2.24, 2.45) is 5.92 Å². The number of carbonyl (C=O) groups is 3. The van der Waals surface area contributed by atoms with Crippen LogP contribution < -0.4 is 5.32 Å². The summed E-state index contributed by atoms with van der Waals surface area (Å²) in [6.07, 6.45) is 3.40. The summed E-state index contributed by atoms with van der Waals surface area (Å²) in [5.74, 6) is -0.726. The molecule has 0 unspecified atom stereocenters. The first-order chi connectivity index (χ1) is 14.4. The summed E-state index contributed by atoms with van der Waals surface area (Å²) in [4.78, 5) is 41.4. The van der Waals surface area contributed by atoms with Crippen molar-refractivity contribution in [3.8, 4) is 0 Å². The zero-order chi connectivity index (χ0) is 21.7. The molecule has 2 fully saturated rings. The van der Waals surface area contributed by atoms with Crippen LogP contribution in [0.15, 0.2) is 30.3 Å². The molecule has 0 spiro atoms. The lowest BCUT2D eigenvalue weighted by Crippen LogP contribution is -2.52. The molecule has 2 aliphatic heterocycles. The summed E-state index contributed by atoms with van der Waals surface area (Å²) in [6, 6.07) is 9.49. The van der Waals surface area contributed by atoms with Crippen LogP contribution in [-0.2, 0) is 14.3 Å². The molecule has 3 rings (SSSR count). The van der Waals surface area contributed by atoms with Gasteiger partial charge in [0.2, 0.25) is 0 Å². The number of likely N-dealkylation sites (tertiary alicyclic amines) is 2. The number of hydrogen-bond donors (Lipinski definition) is 1. The first-order valence-corrected chi connectivity index (χ1v) is 11.0. The third kappa shape index (κ3) is 5.32. The maximum absolute atomic E-state index is 12.8. The maximum Gasteiger partial charge on any atom is 0.321 e. The van der Waals surface area contributed by atoms with Gasteiger partial charge in [0, 0.05) is 30.9 Å². The van der Waals surface area contributed by atoms with Crippen molar-refractivity contribution in [3.05, 3.63) is 30.3 Å². The first kappa shape index (κ1) is 22.1. The van der Waals surface area contributed by atoms with E-state index in [1.807, 2.05) is 35.2 Å². The van der Waals surface area contributed by atoms with E-state index in [0.717, 1.165) is 24.9 Å². The number of para-hydroxylation sites is 1. The Morgan fingerprint density at radius 3 is 2.20 bits per heavy atom. The van der Waals surface area contributed by atoms with Gasteiger partial charge in [-0.3, -0.25) is 9.59 Å². The SMILES string of the molecule is C[C@@H]1CCC[C@H](C)N1C(=O)[C@@H](C)OC(=O)C1CCN(C(=O)Nc2ccccc2)CC1. The van der Waals surface area contributed by atoms with E-state index in [1.165, 1.54) is 0 Å². The molecule has 1 aromatic rings. The molecule has 7 nitrogen and oxygen atoms in total. The Morgan fingerprint density at radius 1 is 1.00 bits per heavy atom. The number of hydrogen-bond acceptors (Lipinski definition) is 4. The second-order valence-electron chi connectivity index (χ2n) is 8.51. The highest BCUT2D eigenvalue weighted by atomic mass is 16.5. The van der Waals surface area contributed by atoms with E-state index in [0.29, 0.717) is 25.9 Å². The zero-order valence-corrected chi connectivity index (χ0v) is 18.2. The van der Waals surface area contributed by atoms with Gasteiger partial charge in [0.1, 0.15) is 0 Å². The molecule has 2 aliphatic rings. The summed E-state index contributed by atoms with van der Waals surface area (Å²) in [7, 11) is 0. The number of anilines is 1. The monoisotopic (exact) mass is 415 g/mol. The Hall–Kier alpha value is -2.57. The fraction of sp³-hybridized carbons (Fsp3) is 0.609. The molecule has 7 heteroatoms. The second kappa shape index (κ2) is 9.96. The van der Waals surface area contributed by atoms with Crippen LogP contribution in [0.25, 0.3) is 0 Å². The van der Waals surface area contributed by atoms with Gasteiger partial charge in [0.05, 0.1) is 5.92 Å². The van der Waals surface area contributed by atoms with Crippen LogP contribution in [0.1, 0.15) is 52.9 Å². The van der Waals surface area contributed by atoms with Gasteiger partial charge < -0.3 is 19.9 Å². The normalized spacial score (nSPS) is 23.6. The number of carbonyl (C=O) groups excluding carboxylic acids is 3. The van der Waals surface area contributed by atoms with Crippen LogP contribution in [0.2, 0.25) is 0 Å². The largest absolute Gasteiger partial charge is 0.452 e. The number of rotatable bonds is 4. The van der Waals surface area contributed by atoms with Crippen LogP contribution >= 0.6 is 0 Å². The molecule has 30 heavy (non-hydrogen) atoms. The van der Waals surface area contributed by atoms with E-state index in [9.17, 15) is 14.4 Å². The molecule has 0 aliphatic carbocycles. The number of ether oxygens (including phenoxy) is 1. The summed E-state index contributed by atoms with van der Waals surface area (Å²) >= 11 is 0. The fourth-order valence-corrected chi connectivity index (χ4v) is 4.43. The number of nitrogens with zero attached hydrogens (tertiary/aromatic N) is 2. The van der Waals surface area contributed by atoms with E-state index in [2.05, 4.69) is 19.2 Å². The molecule has 1 N–H and O–H groups in total. The van der Waals surface area contributed by atoms with Crippen LogP contribution in [0.5, 0.6) is 0 Å². The van der Waals surface area contributed by atoms with E-state index in [-0.39, 0.29) is 35.9 Å². The van der Waals surface area contributed by atoms with Crippen molar-refractivity contribution in [2.45, 2.75) is 71.1 Å². The molecule has 0 bridgehead atoms. The summed E-state index contributed by atoms with van der Waals surface area (Å²) < 4.78 is 5.54. The minimum atomic E-state index is -0.778. The van der Waals surface area contributed by atoms with Gasteiger partial charge in [-0.15, -0.1) is 0 Å². The smallest absolute Gasteiger partial charge is 0.321 e. The van der Waals surface area contributed by atoms with Crippen molar-refractivity contribution in [3.63, 3.8) is 0 Å². The van der Waals surface area contributed by atoms with E-state index >= 15 is 0 Å². The quantitative estimate of drug-likeness (QED) is 0.762. The average Bonchev–Trinajstić information content (AvgIpc) is 2.74. The van der Waals surface area contributed by atoms with Crippen molar-refractivity contribution in [1.29, 1.82) is 0 Å². The molecule has 3 amide bonds. The van der Waals surface area contributed by atoms with E-state index in [1.54, 1.807) is 11.8 Å². The topological polar surface area (TPSA) is 79.0 Å². The number of esters is 1.